The molecule has 0 N–H and O–H groups in total. The van der Waals surface area contributed by atoms with Crippen LogP contribution in [0.25, 0.3) is 0 Å². The van der Waals surface area contributed by atoms with Crippen molar-refractivity contribution < 1.29 is 18.8 Å². The molecule has 0 saturated carbocycles. The van der Waals surface area contributed by atoms with Gasteiger partial charge >= 0.3 is 6.09 Å². The monoisotopic (exact) mass is 457 g/mol. The van der Waals surface area contributed by atoms with E-state index in [4.69, 9.17) is 9.47 Å². The molecule has 5 nitrogen and oxygen atoms in total. The Morgan fingerprint density at radius 2 is 1.47 bits per heavy atom. The molecule has 1 amide bonds. The Morgan fingerprint density at radius 3 is 2.15 bits per heavy atom. The number of fused-ring (bicyclic) bond motifs is 3. The summed E-state index contributed by atoms with van der Waals surface area (Å²) in [6.07, 6.45) is 1.90. The number of rotatable bonds is 8. The number of piperidine rings is 3. The number of carbonyl (C=O) groups excluding carboxylic acids is 1. The molecule has 5 heteroatoms. The lowest BCUT2D eigenvalue weighted by Crippen LogP contribution is -2.65. The molecule has 3 heterocycles. The van der Waals surface area contributed by atoms with E-state index in [0.29, 0.717) is 19.1 Å². The first kappa shape index (κ1) is 22.5. The van der Waals surface area contributed by atoms with Crippen molar-refractivity contribution in [2.24, 2.45) is 5.92 Å². The lowest BCUT2D eigenvalue weighted by atomic mass is 9.83. The first-order valence-electron chi connectivity index (χ1n) is 12.3. The molecule has 3 saturated heterocycles. The highest BCUT2D eigenvalue weighted by Crippen LogP contribution is 2.36. The zero-order chi connectivity index (χ0) is 23.2. The van der Waals surface area contributed by atoms with Gasteiger partial charge in [-0.05, 0) is 29.8 Å². The molecule has 0 aromatic heterocycles. The molecule has 0 spiro atoms. The fraction of sp³-hybridized carbons (Fsp3) is 0.345. The Labute approximate surface area is 202 Å². The number of hydrogen-bond acceptors (Lipinski definition) is 3. The molecular weight excluding hydrogens is 424 g/mol. The van der Waals surface area contributed by atoms with E-state index in [1.165, 1.54) is 0 Å². The van der Waals surface area contributed by atoms with Gasteiger partial charge in [0.15, 0.2) is 6.10 Å². The Kier molecular flexibility index (Phi) is 6.82. The number of ether oxygens (including phenoxy) is 2. The van der Waals surface area contributed by atoms with Crippen LogP contribution in [0, 0.1) is 5.92 Å². The van der Waals surface area contributed by atoms with E-state index in [1.807, 2.05) is 91.0 Å². The summed E-state index contributed by atoms with van der Waals surface area (Å²) in [7, 11) is 0. The second-order valence-electron chi connectivity index (χ2n) is 9.52. The van der Waals surface area contributed by atoms with Gasteiger partial charge in [-0.15, -0.1) is 0 Å². The molecule has 176 valence electrons. The van der Waals surface area contributed by atoms with Crippen molar-refractivity contribution in [2.75, 3.05) is 37.7 Å². The van der Waals surface area contributed by atoms with Gasteiger partial charge in [0.05, 0.1) is 19.6 Å². The van der Waals surface area contributed by atoms with E-state index in [-0.39, 0.29) is 12.2 Å². The molecule has 3 fully saturated rings. The molecule has 1 atom stereocenters. The van der Waals surface area contributed by atoms with Gasteiger partial charge in [0, 0.05) is 24.4 Å². The van der Waals surface area contributed by atoms with Crippen LogP contribution in [0.4, 0.5) is 10.5 Å². The number of para-hydroxylation sites is 2. The maximum absolute atomic E-state index is 13.5. The lowest BCUT2D eigenvalue weighted by molar-refractivity contribution is -0.946. The average molecular weight is 458 g/mol. The highest BCUT2D eigenvalue weighted by Gasteiger charge is 2.47. The van der Waals surface area contributed by atoms with Crippen LogP contribution >= 0.6 is 0 Å². The van der Waals surface area contributed by atoms with Gasteiger partial charge in [-0.2, -0.15) is 0 Å². The van der Waals surface area contributed by atoms with Crippen LogP contribution in [-0.4, -0.2) is 49.5 Å². The fourth-order valence-electron chi connectivity index (χ4n) is 5.37. The van der Waals surface area contributed by atoms with Crippen molar-refractivity contribution >= 4 is 11.8 Å². The summed E-state index contributed by atoms with van der Waals surface area (Å²) in [6, 6.07) is 29.9. The summed E-state index contributed by atoms with van der Waals surface area (Å²) in [5.74, 6) is 1.36. The third-order valence-corrected chi connectivity index (χ3v) is 7.34. The van der Waals surface area contributed by atoms with E-state index in [9.17, 15) is 4.79 Å². The molecule has 3 aliphatic heterocycles. The molecule has 3 aromatic carbocycles. The summed E-state index contributed by atoms with van der Waals surface area (Å²) in [4.78, 5) is 15.2. The molecule has 6 rings (SSSR count). The van der Waals surface area contributed by atoms with Gasteiger partial charge in [0.25, 0.3) is 0 Å². The summed E-state index contributed by atoms with van der Waals surface area (Å²) in [5.41, 5.74) is 1.94. The number of amides is 1. The molecule has 3 aromatic rings. The van der Waals surface area contributed by atoms with Crippen molar-refractivity contribution in [3.63, 3.8) is 0 Å². The standard InChI is InChI=1S/C29H33N2O3/c32-29(30(26-12-6-2-7-13-26)22-24-10-4-1-5-11-24)34-28-23-31(18-16-25(28)17-19-31)20-21-33-27-14-8-3-9-15-27/h1-15,25,28H,16-23H2/q+1. The van der Waals surface area contributed by atoms with Gasteiger partial charge in [0.2, 0.25) is 0 Å². The molecule has 2 bridgehead atoms. The minimum absolute atomic E-state index is 0.0475. The average Bonchev–Trinajstić information content (AvgIpc) is 2.89. The normalized spacial score (nSPS) is 23.3. The predicted molar refractivity (Wildman–Crippen MR) is 134 cm³/mol. The topological polar surface area (TPSA) is 38.8 Å². The number of anilines is 1. The van der Waals surface area contributed by atoms with E-state index in [2.05, 4.69) is 0 Å². The Bertz CT molecular complexity index is 1050. The van der Waals surface area contributed by atoms with Gasteiger partial charge in [-0.25, -0.2) is 4.79 Å². The van der Waals surface area contributed by atoms with Crippen molar-refractivity contribution in [1.29, 1.82) is 0 Å². The first-order valence-corrected chi connectivity index (χ1v) is 12.3. The maximum atomic E-state index is 13.5. The van der Waals surface area contributed by atoms with Crippen LogP contribution < -0.4 is 9.64 Å². The van der Waals surface area contributed by atoms with Gasteiger partial charge in [-0.3, -0.25) is 4.90 Å². The number of nitrogens with zero attached hydrogens (tertiary/aromatic N) is 2. The van der Waals surface area contributed by atoms with Crippen LogP contribution in [0.5, 0.6) is 5.75 Å². The summed E-state index contributed by atoms with van der Waals surface area (Å²) >= 11 is 0. The summed E-state index contributed by atoms with van der Waals surface area (Å²) in [6.45, 7) is 5.28. The van der Waals surface area contributed by atoms with E-state index in [0.717, 1.165) is 60.5 Å². The maximum Gasteiger partial charge on any atom is 0.415 e. The van der Waals surface area contributed by atoms with Crippen molar-refractivity contribution in [3.8, 4) is 5.75 Å². The molecule has 34 heavy (non-hydrogen) atoms. The molecule has 0 radical (unpaired) electrons. The van der Waals surface area contributed by atoms with Crippen molar-refractivity contribution in [3.05, 3.63) is 96.6 Å². The fourth-order valence-corrected chi connectivity index (χ4v) is 5.37. The molecule has 1 unspecified atom stereocenters. The van der Waals surface area contributed by atoms with Crippen molar-refractivity contribution in [2.45, 2.75) is 25.5 Å². The largest absolute Gasteiger partial charge is 0.488 e. The van der Waals surface area contributed by atoms with E-state index in [1.54, 1.807) is 4.90 Å². The second-order valence-corrected chi connectivity index (χ2v) is 9.52. The minimum Gasteiger partial charge on any atom is -0.488 e. The molecule has 3 aliphatic rings. The second kappa shape index (κ2) is 10.3. The third kappa shape index (κ3) is 5.26. The smallest absolute Gasteiger partial charge is 0.415 e. The van der Waals surface area contributed by atoms with Crippen LogP contribution in [0.1, 0.15) is 18.4 Å². The number of hydrogen-bond donors (Lipinski definition) is 0. The van der Waals surface area contributed by atoms with E-state index < -0.39 is 0 Å². The zero-order valence-corrected chi connectivity index (χ0v) is 19.6. The number of carbonyl (C=O) groups is 1. The Balaban J connectivity index is 1.25. The number of benzene rings is 3. The van der Waals surface area contributed by atoms with Crippen LogP contribution in [-0.2, 0) is 11.3 Å². The first-order chi connectivity index (χ1) is 16.7. The lowest BCUT2D eigenvalue weighted by Gasteiger charge is -2.52. The van der Waals surface area contributed by atoms with Crippen molar-refractivity contribution in [1.82, 2.24) is 0 Å². The Morgan fingerprint density at radius 1 is 0.853 bits per heavy atom. The van der Waals surface area contributed by atoms with Gasteiger partial charge < -0.3 is 14.0 Å². The highest BCUT2D eigenvalue weighted by atomic mass is 16.6. The summed E-state index contributed by atoms with van der Waals surface area (Å²) < 4.78 is 13.2. The Hall–Kier alpha value is -3.31. The minimum atomic E-state index is -0.257. The number of quaternary nitrogens is 1. The van der Waals surface area contributed by atoms with Gasteiger partial charge in [-0.1, -0.05) is 66.7 Å². The van der Waals surface area contributed by atoms with Crippen LogP contribution in [0.3, 0.4) is 0 Å². The third-order valence-electron chi connectivity index (χ3n) is 7.34. The van der Waals surface area contributed by atoms with Gasteiger partial charge in [0.1, 0.15) is 25.4 Å². The molecule has 0 aliphatic carbocycles. The zero-order valence-electron chi connectivity index (χ0n) is 19.6. The quantitative estimate of drug-likeness (QED) is 0.418. The highest BCUT2D eigenvalue weighted by molar-refractivity contribution is 5.87. The SMILES string of the molecule is O=C(OC1C[N+]2(CCOc3ccccc3)CCC1CC2)N(Cc1ccccc1)c1ccccc1. The summed E-state index contributed by atoms with van der Waals surface area (Å²) in [5, 5.41) is 0. The van der Waals surface area contributed by atoms with Crippen LogP contribution in [0.15, 0.2) is 91.0 Å². The van der Waals surface area contributed by atoms with E-state index >= 15 is 0 Å². The molecular formula is C29H33N2O3+. The predicted octanol–water partition coefficient (Wildman–Crippen LogP) is 5.52. The van der Waals surface area contributed by atoms with Crippen LogP contribution in [0.2, 0.25) is 0 Å².